The normalized spacial score (nSPS) is 18.7. The first-order chi connectivity index (χ1) is 21.3. The number of hydrogen-bond acceptors (Lipinski definition) is 8. The predicted octanol–water partition coefficient (Wildman–Crippen LogP) is 4.50. The summed E-state index contributed by atoms with van der Waals surface area (Å²) in [7, 11) is -4.05. The molecule has 1 saturated heterocycles. The molecular weight excluding hydrogens is 615 g/mol. The average Bonchev–Trinajstić information content (AvgIpc) is 3.41. The van der Waals surface area contributed by atoms with Crippen molar-refractivity contribution < 1.29 is 41.0 Å². The van der Waals surface area contributed by atoms with Crippen LogP contribution in [0.5, 0.6) is 5.88 Å². The van der Waals surface area contributed by atoms with E-state index in [1.807, 2.05) is 6.92 Å². The molecule has 45 heavy (non-hydrogen) atoms. The number of sulfonamides is 1. The lowest BCUT2D eigenvalue weighted by molar-refractivity contribution is -0.145. The van der Waals surface area contributed by atoms with Gasteiger partial charge >= 0.3 is 12.1 Å². The zero-order chi connectivity index (χ0) is 32.1. The fourth-order valence-electron chi connectivity index (χ4n) is 6.09. The molecule has 6 rings (SSSR count). The summed E-state index contributed by atoms with van der Waals surface area (Å²) in [4.78, 5) is 16.2. The fourth-order valence-corrected chi connectivity index (χ4v) is 7.65. The third-order valence-electron chi connectivity index (χ3n) is 8.53. The Kier molecular flexibility index (Phi) is 7.82. The minimum Gasteiger partial charge on any atom is -0.481 e. The van der Waals surface area contributed by atoms with Crippen LogP contribution in [0.1, 0.15) is 58.8 Å². The molecule has 238 valence electrons. The van der Waals surface area contributed by atoms with Crippen LogP contribution in [0.4, 0.5) is 13.2 Å². The Bertz CT molecular complexity index is 1890. The number of fused-ring (bicyclic) bond motifs is 2. The zero-order valence-corrected chi connectivity index (χ0v) is 25.2. The van der Waals surface area contributed by atoms with Gasteiger partial charge in [0.25, 0.3) is 0 Å². The van der Waals surface area contributed by atoms with Gasteiger partial charge in [-0.1, -0.05) is 18.2 Å². The number of aliphatic carboxylic acids is 1. The number of carboxylic acid groups (broad SMARTS) is 1. The van der Waals surface area contributed by atoms with E-state index >= 15 is 0 Å². The molecule has 0 amide bonds. The number of ether oxygens (including phenoxy) is 2. The van der Waals surface area contributed by atoms with Gasteiger partial charge in [-0.25, -0.2) is 13.4 Å². The topological polar surface area (TPSA) is 136 Å². The largest absolute Gasteiger partial charge is 0.481 e. The van der Waals surface area contributed by atoms with E-state index in [1.54, 1.807) is 25.1 Å². The van der Waals surface area contributed by atoms with Crippen molar-refractivity contribution in [2.45, 2.75) is 62.2 Å². The van der Waals surface area contributed by atoms with Crippen molar-refractivity contribution in [1.29, 1.82) is 0 Å². The lowest BCUT2D eigenvalue weighted by atomic mass is 9.85. The Labute approximate surface area is 256 Å². The van der Waals surface area contributed by atoms with Crippen LogP contribution >= 0.6 is 0 Å². The highest BCUT2D eigenvalue weighted by Crippen LogP contribution is 2.39. The van der Waals surface area contributed by atoms with Crippen LogP contribution < -0.4 is 4.74 Å². The molecule has 4 aromatic rings. The molecule has 1 atom stereocenters. The van der Waals surface area contributed by atoms with Gasteiger partial charge in [0.1, 0.15) is 10.5 Å². The van der Waals surface area contributed by atoms with E-state index < -0.39 is 39.5 Å². The number of carbonyl (C=O) groups is 1. The van der Waals surface area contributed by atoms with Crippen molar-refractivity contribution in [2.75, 3.05) is 19.8 Å². The monoisotopic (exact) mass is 645 g/mol. The van der Waals surface area contributed by atoms with Gasteiger partial charge in [-0.15, -0.1) is 10.2 Å². The van der Waals surface area contributed by atoms with Crippen LogP contribution in [0.2, 0.25) is 0 Å². The van der Waals surface area contributed by atoms with Gasteiger partial charge < -0.3 is 14.6 Å². The summed E-state index contributed by atoms with van der Waals surface area (Å²) in [6.45, 7) is 4.24. The van der Waals surface area contributed by atoms with E-state index in [0.717, 1.165) is 9.96 Å². The first-order valence-electron chi connectivity index (χ1n) is 14.2. The van der Waals surface area contributed by atoms with Gasteiger partial charge in [-0.2, -0.15) is 17.5 Å². The molecular formula is C30H30F3N5O6S. The Morgan fingerprint density at radius 2 is 1.89 bits per heavy atom. The highest BCUT2D eigenvalue weighted by Gasteiger charge is 2.45. The Morgan fingerprint density at radius 1 is 1.13 bits per heavy atom. The maximum Gasteiger partial charge on any atom is 0.452 e. The number of rotatable bonds is 6. The van der Waals surface area contributed by atoms with Crippen LogP contribution in [0.15, 0.2) is 53.7 Å². The van der Waals surface area contributed by atoms with Gasteiger partial charge in [0.2, 0.25) is 21.7 Å². The predicted molar refractivity (Wildman–Crippen MR) is 153 cm³/mol. The van der Waals surface area contributed by atoms with E-state index in [9.17, 15) is 31.5 Å². The fraction of sp³-hybridized carbons (Fsp3) is 0.400. The van der Waals surface area contributed by atoms with E-state index in [2.05, 4.69) is 15.2 Å². The molecule has 2 aliphatic rings. The quantitative estimate of drug-likeness (QED) is 0.322. The van der Waals surface area contributed by atoms with Crippen molar-refractivity contribution in [3.8, 4) is 5.88 Å². The molecule has 0 saturated carbocycles. The summed E-state index contributed by atoms with van der Waals surface area (Å²) < 4.78 is 82.4. The number of alkyl halides is 3. The van der Waals surface area contributed by atoms with E-state index in [1.165, 1.54) is 34.9 Å². The number of benzene rings is 1. The molecule has 11 nitrogen and oxygen atoms in total. The first kappa shape index (κ1) is 30.9. The molecule has 3 aromatic heterocycles. The number of nitrogens with zero attached hydrogens (tertiary/aromatic N) is 5. The van der Waals surface area contributed by atoms with Crippen LogP contribution in [-0.2, 0) is 32.3 Å². The molecule has 0 bridgehead atoms. The maximum absolute atomic E-state index is 14.0. The summed E-state index contributed by atoms with van der Waals surface area (Å²) in [5.74, 6) is -3.02. The number of aromatic nitrogens is 4. The molecule has 1 aromatic carbocycles. The average molecular weight is 646 g/mol. The van der Waals surface area contributed by atoms with Crippen LogP contribution in [0, 0.1) is 13.8 Å². The van der Waals surface area contributed by atoms with Crippen molar-refractivity contribution in [2.24, 2.45) is 0 Å². The van der Waals surface area contributed by atoms with Crippen LogP contribution in [0.25, 0.3) is 5.65 Å². The van der Waals surface area contributed by atoms with Gasteiger partial charge in [0.15, 0.2) is 5.65 Å². The number of carboxylic acids is 1. The molecule has 0 radical (unpaired) electrons. The maximum atomic E-state index is 14.0. The van der Waals surface area contributed by atoms with Gasteiger partial charge in [-0.05, 0) is 59.9 Å². The lowest BCUT2D eigenvalue weighted by Crippen LogP contribution is -2.50. The summed E-state index contributed by atoms with van der Waals surface area (Å²) in [6, 6.07) is 9.74. The third-order valence-corrected chi connectivity index (χ3v) is 10.3. The van der Waals surface area contributed by atoms with E-state index in [0.29, 0.717) is 48.3 Å². The second-order valence-corrected chi connectivity index (χ2v) is 13.3. The zero-order valence-electron chi connectivity index (χ0n) is 24.4. The minimum atomic E-state index is -4.72. The van der Waals surface area contributed by atoms with Crippen LogP contribution in [0.3, 0.4) is 0 Å². The molecule has 5 heterocycles. The molecule has 2 aliphatic heterocycles. The van der Waals surface area contributed by atoms with Crippen molar-refractivity contribution >= 4 is 21.6 Å². The smallest absolute Gasteiger partial charge is 0.452 e. The van der Waals surface area contributed by atoms with E-state index in [4.69, 9.17) is 9.47 Å². The minimum absolute atomic E-state index is 0.0285. The van der Waals surface area contributed by atoms with Crippen molar-refractivity contribution in [3.05, 3.63) is 82.4 Å². The Hall–Kier alpha value is -4.08. The van der Waals surface area contributed by atoms with Crippen molar-refractivity contribution in [1.82, 2.24) is 23.9 Å². The molecule has 1 spiro atoms. The van der Waals surface area contributed by atoms with Gasteiger partial charge in [0, 0.05) is 37.7 Å². The third kappa shape index (κ3) is 5.75. The Balaban J connectivity index is 1.41. The number of halogens is 3. The summed E-state index contributed by atoms with van der Waals surface area (Å²) in [6.07, 6.45) is -1.48. The van der Waals surface area contributed by atoms with E-state index in [-0.39, 0.29) is 35.9 Å². The highest BCUT2D eigenvalue weighted by atomic mass is 32.2. The molecule has 0 aliphatic carbocycles. The summed E-state index contributed by atoms with van der Waals surface area (Å²) >= 11 is 0. The number of hydrogen-bond donors (Lipinski definition) is 1. The molecule has 1 N–H and O–H groups in total. The van der Waals surface area contributed by atoms with Crippen molar-refractivity contribution in [3.63, 3.8) is 0 Å². The molecule has 1 fully saturated rings. The SMILES string of the molecule is Cc1ccc([C@H](CC(=O)O)c2ccn3c(C(F)(F)F)nnc3c2C)cc1CN1CC2(CCOCC2)Oc2ncccc2S1(=O)=O. The Morgan fingerprint density at radius 3 is 2.60 bits per heavy atom. The highest BCUT2D eigenvalue weighted by molar-refractivity contribution is 7.89. The lowest BCUT2D eigenvalue weighted by Gasteiger charge is -2.38. The second-order valence-electron chi connectivity index (χ2n) is 11.4. The standard InChI is InChI=1S/C30H30F3N5O6S/c1-18-5-6-20(23(15-25(39)40)22-7-11-38-26(19(22)2)35-36-28(38)30(31,32)33)14-21(18)16-37-17-29(8-12-43-13-9-29)44-27-24(45(37,41)42)4-3-10-34-27/h3-7,10-11,14,23H,8-9,12-13,15-17H2,1-2H3,(H,39,40)/t23-/m0/s1. The summed E-state index contributed by atoms with van der Waals surface area (Å²) in [5, 5.41) is 16.9. The second kappa shape index (κ2) is 11.4. The molecule has 0 unspecified atom stereocenters. The molecule has 15 heteroatoms. The number of pyridine rings is 2. The summed E-state index contributed by atoms with van der Waals surface area (Å²) in [5.41, 5.74) is 1.92. The number of aryl methyl sites for hydroxylation is 2. The van der Waals surface area contributed by atoms with Gasteiger partial charge in [-0.3, -0.25) is 9.20 Å². The first-order valence-corrected chi connectivity index (χ1v) is 15.7. The van der Waals surface area contributed by atoms with Gasteiger partial charge in [0.05, 0.1) is 26.2 Å². The van der Waals surface area contributed by atoms with Crippen LogP contribution in [-0.4, -0.2) is 68.7 Å².